The van der Waals surface area contributed by atoms with E-state index >= 15 is 0 Å². The molecule has 0 amide bonds. The maximum absolute atomic E-state index is 9.60. The summed E-state index contributed by atoms with van der Waals surface area (Å²) >= 11 is 0. The lowest BCUT2D eigenvalue weighted by Gasteiger charge is -2.10. The van der Waals surface area contributed by atoms with Crippen molar-refractivity contribution in [3.63, 3.8) is 0 Å². The molecule has 2 aromatic heterocycles. The van der Waals surface area contributed by atoms with Gasteiger partial charge in [-0.25, -0.2) is 15.0 Å². The fraction of sp³-hybridized carbons (Fsp3) is 0. The minimum atomic E-state index is 0.608. The van der Waals surface area contributed by atoms with Crippen molar-refractivity contribution in [2.45, 2.75) is 0 Å². The van der Waals surface area contributed by atoms with Crippen molar-refractivity contribution >= 4 is 21.9 Å². The van der Waals surface area contributed by atoms with Gasteiger partial charge in [0, 0.05) is 27.5 Å². The van der Waals surface area contributed by atoms with Crippen LogP contribution in [0.5, 0.6) is 0 Å². The van der Waals surface area contributed by atoms with Crippen LogP contribution in [0.3, 0.4) is 0 Å². The van der Waals surface area contributed by atoms with Crippen LogP contribution in [0.1, 0.15) is 5.56 Å². The average molecular weight is 653 g/mol. The lowest BCUT2D eigenvalue weighted by Crippen LogP contribution is -2.00. The highest BCUT2D eigenvalue weighted by atomic mass is 16.3. The third kappa shape index (κ3) is 5.61. The van der Waals surface area contributed by atoms with E-state index < -0.39 is 0 Å². The number of benzene rings is 7. The van der Waals surface area contributed by atoms with Crippen LogP contribution in [0, 0.1) is 11.3 Å². The average Bonchev–Trinajstić information content (AvgIpc) is 3.60. The summed E-state index contributed by atoms with van der Waals surface area (Å²) in [6.07, 6.45) is 0. The second-order valence-electron chi connectivity index (χ2n) is 12.3. The van der Waals surface area contributed by atoms with Crippen LogP contribution in [0.2, 0.25) is 0 Å². The third-order valence-corrected chi connectivity index (χ3v) is 9.20. The molecule has 7 aromatic carbocycles. The van der Waals surface area contributed by atoms with Gasteiger partial charge < -0.3 is 4.42 Å². The van der Waals surface area contributed by atoms with E-state index in [0.29, 0.717) is 23.0 Å². The van der Waals surface area contributed by atoms with E-state index in [4.69, 9.17) is 19.4 Å². The van der Waals surface area contributed by atoms with Gasteiger partial charge in [-0.05, 0) is 63.7 Å². The van der Waals surface area contributed by atoms with E-state index in [2.05, 4.69) is 66.7 Å². The molecule has 0 saturated heterocycles. The van der Waals surface area contributed by atoms with Gasteiger partial charge >= 0.3 is 0 Å². The van der Waals surface area contributed by atoms with Crippen LogP contribution >= 0.6 is 0 Å². The molecular formula is C46H28N4O. The second-order valence-corrected chi connectivity index (χ2v) is 12.3. The summed E-state index contributed by atoms with van der Waals surface area (Å²) in [5.74, 6) is 1.86. The first-order valence-corrected chi connectivity index (χ1v) is 16.7. The van der Waals surface area contributed by atoms with Gasteiger partial charge in [0.2, 0.25) is 0 Å². The molecule has 0 fully saturated rings. The zero-order valence-electron chi connectivity index (χ0n) is 27.4. The summed E-state index contributed by atoms with van der Waals surface area (Å²) in [4.78, 5) is 14.8. The predicted molar refractivity (Wildman–Crippen MR) is 204 cm³/mol. The van der Waals surface area contributed by atoms with E-state index in [-0.39, 0.29) is 0 Å². The van der Waals surface area contributed by atoms with Gasteiger partial charge in [0.1, 0.15) is 11.2 Å². The summed E-state index contributed by atoms with van der Waals surface area (Å²) in [6.45, 7) is 0. The predicted octanol–water partition coefficient (Wildman–Crippen LogP) is 11.6. The smallest absolute Gasteiger partial charge is 0.164 e. The van der Waals surface area contributed by atoms with Gasteiger partial charge in [0.25, 0.3) is 0 Å². The minimum Gasteiger partial charge on any atom is -0.456 e. The van der Waals surface area contributed by atoms with E-state index in [1.807, 2.05) is 109 Å². The normalized spacial score (nSPS) is 11.1. The Morgan fingerprint density at radius 3 is 1.65 bits per heavy atom. The maximum Gasteiger partial charge on any atom is 0.164 e. The summed E-state index contributed by atoms with van der Waals surface area (Å²) < 4.78 is 6.39. The Morgan fingerprint density at radius 1 is 0.392 bits per heavy atom. The number of furan rings is 1. The van der Waals surface area contributed by atoms with E-state index in [1.165, 1.54) is 0 Å². The number of hydrogen-bond acceptors (Lipinski definition) is 5. The summed E-state index contributed by atoms with van der Waals surface area (Å²) in [5, 5.41) is 11.7. The monoisotopic (exact) mass is 652 g/mol. The molecule has 2 heterocycles. The van der Waals surface area contributed by atoms with Crippen molar-refractivity contribution in [2.24, 2.45) is 0 Å². The van der Waals surface area contributed by atoms with Crippen LogP contribution in [-0.4, -0.2) is 15.0 Å². The lowest BCUT2D eigenvalue weighted by molar-refractivity contribution is 0.669. The Morgan fingerprint density at radius 2 is 0.941 bits per heavy atom. The first kappa shape index (κ1) is 29.9. The molecule has 0 unspecified atom stereocenters. The van der Waals surface area contributed by atoms with E-state index in [9.17, 15) is 5.26 Å². The molecule has 0 spiro atoms. The van der Waals surface area contributed by atoms with E-state index in [1.54, 1.807) is 0 Å². The van der Waals surface area contributed by atoms with Gasteiger partial charge in [-0.3, -0.25) is 0 Å². The highest BCUT2D eigenvalue weighted by molar-refractivity contribution is 6.13. The summed E-state index contributed by atoms with van der Waals surface area (Å²) in [6, 6.07) is 59.3. The van der Waals surface area contributed by atoms with Crippen molar-refractivity contribution in [2.75, 3.05) is 0 Å². The number of aromatic nitrogens is 3. The highest BCUT2D eigenvalue weighted by Gasteiger charge is 2.16. The molecule has 0 saturated carbocycles. The highest BCUT2D eigenvalue weighted by Crippen LogP contribution is 2.39. The fourth-order valence-electron chi connectivity index (χ4n) is 6.69. The number of hydrogen-bond donors (Lipinski definition) is 0. The molecule has 0 atom stereocenters. The molecule has 0 aliphatic heterocycles. The van der Waals surface area contributed by atoms with Crippen LogP contribution in [0.15, 0.2) is 174 Å². The van der Waals surface area contributed by atoms with Crippen molar-refractivity contribution < 1.29 is 4.42 Å². The van der Waals surface area contributed by atoms with Crippen molar-refractivity contribution in [3.05, 3.63) is 175 Å². The summed E-state index contributed by atoms with van der Waals surface area (Å²) in [5.41, 5.74) is 11.3. The standard InChI is InChI=1S/C46H28N4O/c47-29-37-15-7-8-18-38(37)31-23-21-30(22-24-31)34-25-26-41-40(28-34)43-39(19-10-20-42(43)51-41)35-16-9-17-36(27-35)46-49-44(32-11-3-1-4-12-32)48-45(50-46)33-13-5-2-6-14-33/h1-28H. The summed E-state index contributed by atoms with van der Waals surface area (Å²) in [7, 11) is 0. The molecule has 0 aliphatic carbocycles. The zero-order valence-corrected chi connectivity index (χ0v) is 27.4. The molecule has 51 heavy (non-hydrogen) atoms. The Kier molecular flexibility index (Phi) is 7.46. The molecule has 5 heteroatoms. The third-order valence-electron chi connectivity index (χ3n) is 9.20. The van der Waals surface area contributed by atoms with Gasteiger partial charge in [0.15, 0.2) is 17.5 Å². The zero-order chi connectivity index (χ0) is 34.1. The van der Waals surface area contributed by atoms with Crippen molar-refractivity contribution in [3.8, 4) is 73.6 Å². The van der Waals surface area contributed by atoms with Gasteiger partial charge in [-0.1, -0.05) is 140 Å². The van der Waals surface area contributed by atoms with Gasteiger partial charge in [0.05, 0.1) is 11.6 Å². The molecule has 238 valence electrons. The van der Waals surface area contributed by atoms with Crippen molar-refractivity contribution in [1.29, 1.82) is 5.26 Å². The molecule has 0 radical (unpaired) electrons. The Balaban J connectivity index is 1.14. The van der Waals surface area contributed by atoms with Crippen LogP contribution in [0.4, 0.5) is 0 Å². The fourth-order valence-corrected chi connectivity index (χ4v) is 6.69. The minimum absolute atomic E-state index is 0.608. The number of fused-ring (bicyclic) bond motifs is 3. The first-order valence-electron chi connectivity index (χ1n) is 16.7. The van der Waals surface area contributed by atoms with E-state index in [0.717, 1.165) is 72.0 Å². The van der Waals surface area contributed by atoms with Crippen LogP contribution < -0.4 is 0 Å². The Bertz CT molecular complexity index is 2690. The van der Waals surface area contributed by atoms with Gasteiger partial charge in [-0.15, -0.1) is 0 Å². The Hall–Kier alpha value is -7.16. The number of rotatable bonds is 6. The number of nitriles is 1. The SMILES string of the molecule is N#Cc1ccccc1-c1ccc(-c2ccc3oc4cccc(-c5cccc(-c6nc(-c7ccccc7)nc(-c7ccccc7)n6)c5)c4c3c2)cc1. The molecular weight excluding hydrogens is 625 g/mol. The first-order chi connectivity index (χ1) is 25.2. The number of nitrogens with zero attached hydrogens (tertiary/aromatic N) is 4. The maximum atomic E-state index is 9.60. The molecule has 0 bridgehead atoms. The quantitative estimate of drug-likeness (QED) is 0.179. The van der Waals surface area contributed by atoms with Gasteiger partial charge in [-0.2, -0.15) is 5.26 Å². The topological polar surface area (TPSA) is 75.6 Å². The second kappa shape index (κ2) is 12.7. The molecule has 0 aliphatic rings. The largest absolute Gasteiger partial charge is 0.456 e. The molecule has 9 aromatic rings. The molecule has 0 N–H and O–H groups in total. The molecule has 5 nitrogen and oxygen atoms in total. The van der Waals surface area contributed by atoms with Crippen LogP contribution in [-0.2, 0) is 0 Å². The molecule has 9 rings (SSSR count). The van der Waals surface area contributed by atoms with Crippen LogP contribution in [0.25, 0.3) is 89.5 Å². The van der Waals surface area contributed by atoms with Crippen molar-refractivity contribution in [1.82, 2.24) is 15.0 Å². The lowest BCUT2D eigenvalue weighted by atomic mass is 9.95. The Labute approximate surface area is 294 Å².